The van der Waals surface area contributed by atoms with Gasteiger partial charge in [0.15, 0.2) is 0 Å². The van der Waals surface area contributed by atoms with Gasteiger partial charge in [-0.2, -0.15) is 0 Å². The van der Waals surface area contributed by atoms with Crippen molar-refractivity contribution in [1.82, 2.24) is 0 Å². The third kappa shape index (κ3) is 10.0. The third-order valence-electron chi connectivity index (χ3n) is 5.02. The lowest BCUT2D eigenvalue weighted by Gasteiger charge is -2.19. The van der Waals surface area contributed by atoms with E-state index in [2.05, 4.69) is 44.3 Å². The Morgan fingerprint density at radius 2 is 0.455 bits per heavy atom. The summed E-state index contributed by atoms with van der Waals surface area (Å²) in [5, 5.41) is 0. The van der Waals surface area contributed by atoms with E-state index in [1.165, 1.54) is 0 Å². The van der Waals surface area contributed by atoms with Crippen molar-refractivity contribution >= 4 is 42.3 Å². The van der Waals surface area contributed by atoms with Gasteiger partial charge in [-0.1, -0.05) is 44.3 Å². The summed E-state index contributed by atoms with van der Waals surface area (Å²) in [6.07, 6.45) is 0. The van der Waals surface area contributed by atoms with Crippen molar-refractivity contribution in [3.8, 4) is 44.3 Å². The van der Waals surface area contributed by atoms with Crippen molar-refractivity contribution in [2.24, 2.45) is 0 Å². The van der Waals surface area contributed by atoms with Crippen LogP contribution in [0.25, 0.3) is 0 Å². The molecule has 0 saturated carbocycles. The minimum absolute atomic E-state index is 1.57. The lowest BCUT2D eigenvalue weighted by molar-refractivity contribution is 0.266. The van der Waals surface area contributed by atoms with Gasteiger partial charge in [-0.25, -0.2) is 0 Å². The highest BCUT2D eigenvalue weighted by atomic mass is 28.4. The predicted molar refractivity (Wildman–Crippen MR) is 139 cm³/mol. The van der Waals surface area contributed by atoms with Crippen LogP contribution >= 0.6 is 0 Å². The summed E-state index contributed by atoms with van der Waals surface area (Å²) >= 11 is 0. The SMILES string of the molecule is CO[Si](C)(C#C[Si](C#C[Si](C)(OC)OC)(C#C[Si](C)(OC)OC)C#C[Si](C)(OC)OC)OC. The lowest BCUT2D eigenvalue weighted by atomic mass is 11.3. The lowest BCUT2D eigenvalue weighted by Crippen LogP contribution is -2.41. The standard InChI is InChI=1S/C20H36O8Si5/c1-21-29(9,22-2)13-17-33(18-14-30(10,23-3)24-4,19-15-31(11,25-5)26-6)20-16-32(12,27-7)28-8/h1-12H3. The first kappa shape index (κ1) is 32.0. The van der Waals surface area contributed by atoms with Gasteiger partial charge in [0, 0.05) is 56.9 Å². The first-order valence-electron chi connectivity index (χ1n) is 9.90. The van der Waals surface area contributed by atoms with Crippen molar-refractivity contribution in [2.75, 3.05) is 56.9 Å². The summed E-state index contributed by atoms with van der Waals surface area (Å²) in [6.45, 7) is 7.35. The Kier molecular flexibility index (Phi) is 13.4. The normalized spacial score (nSPS) is 12.2. The van der Waals surface area contributed by atoms with Crippen LogP contribution < -0.4 is 0 Å². The molecule has 0 fully saturated rings. The molecule has 0 N–H and O–H groups in total. The Morgan fingerprint density at radius 3 is 0.576 bits per heavy atom. The zero-order chi connectivity index (χ0) is 25.8. The van der Waals surface area contributed by atoms with Gasteiger partial charge in [-0.15, -0.1) is 0 Å². The van der Waals surface area contributed by atoms with Crippen LogP contribution in [0.5, 0.6) is 0 Å². The molecule has 0 aromatic carbocycles. The molecule has 0 aliphatic heterocycles. The molecule has 0 unspecified atom stereocenters. The summed E-state index contributed by atoms with van der Waals surface area (Å²) in [7, 11) is -1.84. The van der Waals surface area contributed by atoms with Gasteiger partial charge in [0.1, 0.15) is 0 Å². The fourth-order valence-electron chi connectivity index (χ4n) is 1.76. The average molecular weight is 545 g/mol. The average Bonchev–Trinajstić information content (AvgIpc) is 2.86. The summed E-state index contributed by atoms with van der Waals surface area (Å²) < 4.78 is 44.4. The third-order valence-corrected chi connectivity index (χ3v) is 16.6. The van der Waals surface area contributed by atoms with E-state index in [1.807, 2.05) is 26.2 Å². The molecule has 0 spiro atoms. The highest BCUT2D eigenvalue weighted by Crippen LogP contribution is 2.10. The van der Waals surface area contributed by atoms with Gasteiger partial charge in [0.05, 0.1) is 0 Å². The van der Waals surface area contributed by atoms with Crippen LogP contribution in [0.2, 0.25) is 26.2 Å². The van der Waals surface area contributed by atoms with Gasteiger partial charge >= 0.3 is 42.3 Å². The first-order valence-corrected chi connectivity index (χ1v) is 21.2. The summed E-state index contributed by atoms with van der Waals surface area (Å²) in [5.74, 6) is 0. The highest BCUT2D eigenvalue weighted by Gasteiger charge is 2.36. The maximum Gasteiger partial charge on any atom is 0.419 e. The van der Waals surface area contributed by atoms with Crippen LogP contribution in [0.15, 0.2) is 0 Å². The molecule has 0 heterocycles. The molecule has 33 heavy (non-hydrogen) atoms. The molecule has 8 nitrogen and oxygen atoms in total. The second kappa shape index (κ2) is 13.8. The monoisotopic (exact) mass is 544 g/mol. The van der Waals surface area contributed by atoms with Gasteiger partial charge < -0.3 is 35.4 Å². The Hall–Kier alpha value is -0.996. The predicted octanol–water partition coefficient (Wildman–Crippen LogP) is 1.22. The van der Waals surface area contributed by atoms with Crippen LogP contribution in [0.1, 0.15) is 0 Å². The minimum Gasteiger partial charge on any atom is -0.389 e. The van der Waals surface area contributed by atoms with Crippen molar-refractivity contribution in [3.05, 3.63) is 0 Å². The van der Waals surface area contributed by atoms with Crippen LogP contribution in [-0.2, 0) is 35.4 Å². The Bertz CT molecular complexity index is 731. The molecule has 0 aliphatic rings. The molecular formula is C20H36O8Si5. The van der Waals surface area contributed by atoms with Gasteiger partial charge in [0.2, 0.25) is 0 Å². The largest absolute Gasteiger partial charge is 0.419 e. The van der Waals surface area contributed by atoms with E-state index < -0.39 is 42.3 Å². The van der Waals surface area contributed by atoms with Crippen LogP contribution in [0.3, 0.4) is 0 Å². The van der Waals surface area contributed by atoms with E-state index in [4.69, 9.17) is 35.4 Å². The molecule has 0 aromatic rings. The molecule has 0 aromatic heterocycles. The topological polar surface area (TPSA) is 73.8 Å². The highest BCUT2D eigenvalue weighted by molar-refractivity contribution is 7.09. The molecule has 0 radical (unpaired) electrons. The Balaban J connectivity index is 7.34. The molecule has 0 aliphatic carbocycles. The Labute approximate surface area is 204 Å². The quantitative estimate of drug-likeness (QED) is 0.334. The second-order valence-corrected chi connectivity index (χ2v) is 21.5. The molecule has 184 valence electrons. The smallest absolute Gasteiger partial charge is 0.389 e. The van der Waals surface area contributed by atoms with Gasteiger partial charge in [-0.05, 0) is 26.2 Å². The minimum atomic E-state index is -3.31. The Morgan fingerprint density at radius 1 is 0.303 bits per heavy atom. The summed E-state index contributed by atoms with van der Waals surface area (Å²) in [6, 6.07) is 0. The van der Waals surface area contributed by atoms with Crippen LogP contribution in [0, 0.1) is 44.3 Å². The summed E-state index contributed by atoms with van der Waals surface area (Å²) in [4.78, 5) is 0. The summed E-state index contributed by atoms with van der Waals surface area (Å²) in [5.41, 5.74) is 25.6. The molecule has 13 heteroatoms. The van der Waals surface area contributed by atoms with Crippen molar-refractivity contribution in [3.63, 3.8) is 0 Å². The fraction of sp³-hybridized carbons (Fsp3) is 0.600. The van der Waals surface area contributed by atoms with Crippen molar-refractivity contribution in [1.29, 1.82) is 0 Å². The van der Waals surface area contributed by atoms with E-state index in [9.17, 15) is 0 Å². The van der Waals surface area contributed by atoms with E-state index >= 15 is 0 Å². The second-order valence-electron chi connectivity index (χ2n) is 7.17. The maximum atomic E-state index is 5.54. The number of hydrogen-bond donors (Lipinski definition) is 0. The molecule has 0 amide bonds. The van der Waals surface area contributed by atoms with E-state index in [0.717, 1.165) is 0 Å². The van der Waals surface area contributed by atoms with E-state index in [0.29, 0.717) is 0 Å². The fourth-order valence-corrected chi connectivity index (χ4v) is 10.2. The van der Waals surface area contributed by atoms with E-state index in [-0.39, 0.29) is 0 Å². The molecular weight excluding hydrogens is 509 g/mol. The number of rotatable bonds is 8. The zero-order valence-electron chi connectivity index (χ0n) is 21.8. The van der Waals surface area contributed by atoms with Gasteiger partial charge in [-0.3, -0.25) is 0 Å². The van der Waals surface area contributed by atoms with Crippen LogP contribution in [0.4, 0.5) is 0 Å². The number of hydrogen-bond acceptors (Lipinski definition) is 8. The molecule has 0 bridgehead atoms. The molecule has 0 saturated heterocycles. The van der Waals surface area contributed by atoms with Gasteiger partial charge in [0.25, 0.3) is 0 Å². The van der Waals surface area contributed by atoms with Crippen LogP contribution in [-0.4, -0.2) is 99.2 Å². The van der Waals surface area contributed by atoms with Crippen molar-refractivity contribution in [2.45, 2.75) is 26.2 Å². The first-order chi connectivity index (χ1) is 15.3. The van der Waals surface area contributed by atoms with Crippen molar-refractivity contribution < 1.29 is 35.4 Å². The molecule has 0 rings (SSSR count). The van der Waals surface area contributed by atoms with E-state index in [1.54, 1.807) is 56.9 Å². The zero-order valence-corrected chi connectivity index (χ0v) is 26.8. The molecule has 0 atom stereocenters. The maximum absolute atomic E-state index is 5.54.